The number of aromatic nitrogens is 1. The van der Waals surface area contributed by atoms with Crippen LogP contribution in [0.5, 0.6) is 0 Å². The highest BCUT2D eigenvalue weighted by Crippen LogP contribution is 2.26. The third-order valence-electron chi connectivity index (χ3n) is 4.22. The second-order valence-electron chi connectivity index (χ2n) is 5.73. The molecular weight excluding hydrogens is 222 g/mol. The quantitative estimate of drug-likeness (QED) is 0.864. The second kappa shape index (κ2) is 5.27. The summed E-state index contributed by atoms with van der Waals surface area (Å²) >= 11 is 0. The monoisotopic (exact) mass is 245 g/mol. The molecular formula is C15H23N3. The van der Waals surface area contributed by atoms with E-state index in [4.69, 9.17) is 0 Å². The van der Waals surface area contributed by atoms with Crippen LogP contribution in [-0.4, -0.2) is 24.1 Å². The Balaban J connectivity index is 1.64. The number of nitrogens with one attached hydrogen (secondary N) is 1. The zero-order valence-corrected chi connectivity index (χ0v) is 11.2. The SMILES string of the molecule is CN(c1cc(CNC2CC2)ccn1)C1CCCC1. The van der Waals surface area contributed by atoms with Crippen molar-refractivity contribution in [2.75, 3.05) is 11.9 Å². The van der Waals surface area contributed by atoms with Crippen LogP contribution in [0, 0.1) is 0 Å². The van der Waals surface area contributed by atoms with Gasteiger partial charge < -0.3 is 10.2 Å². The van der Waals surface area contributed by atoms with Gasteiger partial charge in [0.15, 0.2) is 0 Å². The summed E-state index contributed by atoms with van der Waals surface area (Å²) in [7, 11) is 2.19. The van der Waals surface area contributed by atoms with Gasteiger partial charge in [0, 0.05) is 31.9 Å². The van der Waals surface area contributed by atoms with Gasteiger partial charge in [-0.05, 0) is 43.4 Å². The lowest BCUT2D eigenvalue weighted by Crippen LogP contribution is -2.29. The molecule has 3 heteroatoms. The van der Waals surface area contributed by atoms with Crippen molar-refractivity contribution in [3.05, 3.63) is 23.9 Å². The Morgan fingerprint density at radius 2 is 2.06 bits per heavy atom. The fourth-order valence-corrected chi connectivity index (χ4v) is 2.79. The molecule has 2 saturated carbocycles. The minimum absolute atomic E-state index is 0.698. The molecule has 0 atom stereocenters. The van der Waals surface area contributed by atoms with Crippen molar-refractivity contribution in [2.45, 2.75) is 57.2 Å². The van der Waals surface area contributed by atoms with Gasteiger partial charge in [0.2, 0.25) is 0 Å². The molecule has 0 aromatic carbocycles. The Bertz CT molecular complexity index is 394. The number of nitrogens with zero attached hydrogens (tertiary/aromatic N) is 2. The maximum absolute atomic E-state index is 4.52. The van der Waals surface area contributed by atoms with Gasteiger partial charge in [0.05, 0.1) is 0 Å². The number of anilines is 1. The van der Waals surface area contributed by atoms with Gasteiger partial charge in [-0.2, -0.15) is 0 Å². The highest BCUT2D eigenvalue weighted by Gasteiger charge is 2.22. The number of hydrogen-bond donors (Lipinski definition) is 1. The van der Waals surface area contributed by atoms with Crippen LogP contribution in [0.3, 0.4) is 0 Å². The lowest BCUT2D eigenvalue weighted by molar-refractivity contribution is 0.644. The van der Waals surface area contributed by atoms with Crippen LogP contribution >= 0.6 is 0 Å². The summed E-state index contributed by atoms with van der Waals surface area (Å²) in [5.74, 6) is 1.14. The molecule has 0 amide bonds. The second-order valence-corrected chi connectivity index (χ2v) is 5.73. The van der Waals surface area contributed by atoms with Crippen LogP contribution in [0.2, 0.25) is 0 Å². The van der Waals surface area contributed by atoms with Gasteiger partial charge in [-0.1, -0.05) is 12.8 Å². The third-order valence-corrected chi connectivity index (χ3v) is 4.22. The average Bonchev–Trinajstić information content (AvgIpc) is 3.08. The molecule has 18 heavy (non-hydrogen) atoms. The highest BCUT2D eigenvalue weighted by molar-refractivity contribution is 5.41. The highest BCUT2D eigenvalue weighted by atomic mass is 15.2. The maximum atomic E-state index is 4.52. The minimum Gasteiger partial charge on any atom is -0.357 e. The molecule has 0 spiro atoms. The number of hydrogen-bond acceptors (Lipinski definition) is 3. The first kappa shape index (κ1) is 12.0. The van der Waals surface area contributed by atoms with Crippen LogP contribution < -0.4 is 10.2 Å². The number of rotatable bonds is 5. The fourth-order valence-electron chi connectivity index (χ4n) is 2.79. The molecule has 2 fully saturated rings. The molecule has 3 nitrogen and oxygen atoms in total. The van der Waals surface area contributed by atoms with Crippen LogP contribution in [-0.2, 0) is 6.54 Å². The number of pyridine rings is 1. The topological polar surface area (TPSA) is 28.2 Å². The van der Waals surface area contributed by atoms with Crippen LogP contribution in [0.4, 0.5) is 5.82 Å². The molecule has 1 aromatic heterocycles. The van der Waals surface area contributed by atoms with E-state index in [2.05, 4.69) is 34.4 Å². The first-order chi connectivity index (χ1) is 8.83. The van der Waals surface area contributed by atoms with Crippen molar-refractivity contribution in [3.63, 3.8) is 0 Å². The predicted octanol–water partition coefficient (Wildman–Crippen LogP) is 2.71. The molecule has 0 bridgehead atoms. The summed E-state index contributed by atoms with van der Waals surface area (Å²) in [6.45, 7) is 0.985. The van der Waals surface area contributed by atoms with E-state index in [9.17, 15) is 0 Å². The van der Waals surface area contributed by atoms with Crippen LogP contribution in [0.25, 0.3) is 0 Å². The zero-order chi connectivity index (χ0) is 12.4. The van der Waals surface area contributed by atoms with Gasteiger partial charge >= 0.3 is 0 Å². The molecule has 2 aliphatic rings. The summed E-state index contributed by atoms with van der Waals surface area (Å²) in [6.07, 6.45) is 10.0. The van der Waals surface area contributed by atoms with E-state index in [1.165, 1.54) is 44.1 Å². The molecule has 98 valence electrons. The molecule has 0 radical (unpaired) electrons. The van der Waals surface area contributed by atoms with E-state index >= 15 is 0 Å². The average molecular weight is 245 g/mol. The van der Waals surface area contributed by atoms with Crippen molar-refractivity contribution in [3.8, 4) is 0 Å². The van der Waals surface area contributed by atoms with E-state index in [1.807, 2.05) is 6.20 Å². The molecule has 0 saturated heterocycles. The summed E-state index contributed by atoms with van der Waals surface area (Å²) in [5, 5.41) is 3.56. The summed E-state index contributed by atoms with van der Waals surface area (Å²) < 4.78 is 0. The normalized spacial score (nSPS) is 20.3. The van der Waals surface area contributed by atoms with Gasteiger partial charge in [0.1, 0.15) is 5.82 Å². The predicted molar refractivity (Wildman–Crippen MR) is 74.8 cm³/mol. The van der Waals surface area contributed by atoms with Crippen molar-refractivity contribution in [1.82, 2.24) is 10.3 Å². The van der Waals surface area contributed by atoms with Crippen LogP contribution in [0.15, 0.2) is 18.3 Å². The molecule has 1 heterocycles. The Morgan fingerprint density at radius 1 is 1.28 bits per heavy atom. The molecule has 3 rings (SSSR count). The maximum Gasteiger partial charge on any atom is 0.128 e. The Kier molecular flexibility index (Phi) is 3.50. The van der Waals surface area contributed by atoms with E-state index in [1.54, 1.807) is 0 Å². The zero-order valence-electron chi connectivity index (χ0n) is 11.2. The van der Waals surface area contributed by atoms with E-state index in [0.717, 1.165) is 18.4 Å². The van der Waals surface area contributed by atoms with Crippen molar-refractivity contribution in [2.24, 2.45) is 0 Å². The summed E-state index contributed by atoms with van der Waals surface area (Å²) in [4.78, 5) is 6.89. The molecule has 0 aliphatic heterocycles. The molecule has 1 N–H and O–H groups in total. The molecule has 1 aromatic rings. The molecule has 0 unspecified atom stereocenters. The van der Waals surface area contributed by atoms with E-state index < -0.39 is 0 Å². The third kappa shape index (κ3) is 2.83. The Morgan fingerprint density at radius 3 is 2.78 bits per heavy atom. The van der Waals surface area contributed by atoms with Gasteiger partial charge in [-0.15, -0.1) is 0 Å². The standard InChI is InChI=1S/C15H23N3/c1-18(14-4-2-3-5-14)15-10-12(8-9-16-15)11-17-13-6-7-13/h8-10,13-14,17H,2-7,11H2,1H3. The smallest absolute Gasteiger partial charge is 0.128 e. The first-order valence-corrected chi connectivity index (χ1v) is 7.24. The van der Waals surface area contributed by atoms with Gasteiger partial charge in [-0.3, -0.25) is 0 Å². The molecule has 2 aliphatic carbocycles. The van der Waals surface area contributed by atoms with Crippen molar-refractivity contribution in [1.29, 1.82) is 0 Å². The van der Waals surface area contributed by atoms with Crippen LogP contribution in [0.1, 0.15) is 44.1 Å². The first-order valence-electron chi connectivity index (χ1n) is 7.24. The van der Waals surface area contributed by atoms with Crippen molar-refractivity contribution < 1.29 is 0 Å². The fraction of sp³-hybridized carbons (Fsp3) is 0.667. The summed E-state index contributed by atoms with van der Waals surface area (Å²) in [5.41, 5.74) is 1.36. The Hall–Kier alpha value is -1.09. The lowest BCUT2D eigenvalue weighted by atomic mass is 10.2. The van der Waals surface area contributed by atoms with Crippen molar-refractivity contribution >= 4 is 5.82 Å². The minimum atomic E-state index is 0.698. The van der Waals surface area contributed by atoms with E-state index in [0.29, 0.717) is 6.04 Å². The summed E-state index contributed by atoms with van der Waals surface area (Å²) in [6, 6.07) is 5.84. The van der Waals surface area contributed by atoms with Gasteiger partial charge in [0.25, 0.3) is 0 Å². The Labute approximate surface area is 110 Å². The van der Waals surface area contributed by atoms with Gasteiger partial charge in [-0.25, -0.2) is 4.98 Å². The largest absolute Gasteiger partial charge is 0.357 e. The van der Waals surface area contributed by atoms with E-state index in [-0.39, 0.29) is 0 Å². The lowest BCUT2D eigenvalue weighted by Gasteiger charge is -2.25.